The van der Waals surface area contributed by atoms with Crippen LogP contribution in [0.3, 0.4) is 0 Å². The Morgan fingerprint density at radius 3 is 2.15 bits per heavy atom. The van der Waals surface area contributed by atoms with E-state index in [9.17, 15) is 14.4 Å². The smallest absolute Gasteiger partial charge is 0.262 e. The Hall–Kier alpha value is -4.34. The Morgan fingerprint density at radius 1 is 0.909 bits per heavy atom. The molecule has 1 unspecified atom stereocenters. The van der Waals surface area contributed by atoms with Crippen molar-refractivity contribution in [2.24, 2.45) is 0 Å². The standard InChI is InChI=1S/C23H23N7O3/c1-14-7-8-18(26-13-14)27-20-10-9-19(28-29-20)24-11-12-25-21(31)15(2)30-22(32)16-5-3-4-6-17(16)23(30)33/h3-10,13,15H,11-12H2,1-2H3,(H,24,28)(H,25,31)(H,26,27,29). The number of carbonyl (C=O) groups is 3. The van der Waals surface area contributed by atoms with E-state index >= 15 is 0 Å². The summed E-state index contributed by atoms with van der Waals surface area (Å²) in [4.78, 5) is 42.8. The molecular weight excluding hydrogens is 422 g/mol. The summed E-state index contributed by atoms with van der Waals surface area (Å²) < 4.78 is 0. The molecule has 10 heteroatoms. The van der Waals surface area contributed by atoms with Crippen LogP contribution < -0.4 is 16.0 Å². The number of benzene rings is 1. The summed E-state index contributed by atoms with van der Waals surface area (Å²) in [5.74, 6) is 0.440. The predicted octanol–water partition coefficient (Wildman–Crippen LogP) is 2.14. The van der Waals surface area contributed by atoms with Gasteiger partial charge in [-0.05, 0) is 49.7 Å². The van der Waals surface area contributed by atoms with Gasteiger partial charge in [0.2, 0.25) is 5.91 Å². The van der Waals surface area contributed by atoms with Crippen LogP contribution in [0.4, 0.5) is 17.5 Å². The van der Waals surface area contributed by atoms with Crippen LogP contribution in [-0.4, -0.2) is 56.9 Å². The maximum atomic E-state index is 12.5. The first-order chi connectivity index (χ1) is 15.9. The minimum absolute atomic E-state index is 0.279. The zero-order chi connectivity index (χ0) is 23.4. The Morgan fingerprint density at radius 2 is 1.55 bits per heavy atom. The SMILES string of the molecule is Cc1ccc(Nc2ccc(NCCNC(=O)C(C)N3C(=O)c4ccccc4C3=O)nn2)nc1. The van der Waals surface area contributed by atoms with Gasteiger partial charge >= 0.3 is 0 Å². The van der Waals surface area contributed by atoms with Gasteiger partial charge in [0.1, 0.15) is 17.7 Å². The number of hydrogen-bond donors (Lipinski definition) is 3. The lowest BCUT2D eigenvalue weighted by molar-refractivity contribution is -0.124. The number of hydrogen-bond acceptors (Lipinski definition) is 8. The van der Waals surface area contributed by atoms with E-state index in [1.807, 2.05) is 19.1 Å². The number of imide groups is 1. The maximum absolute atomic E-state index is 12.5. The fourth-order valence-electron chi connectivity index (χ4n) is 3.37. The molecule has 0 bridgehead atoms. The first-order valence-electron chi connectivity index (χ1n) is 10.5. The first-order valence-corrected chi connectivity index (χ1v) is 10.5. The van der Waals surface area contributed by atoms with E-state index in [1.54, 1.807) is 42.6 Å². The summed E-state index contributed by atoms with van der Waals surface area (Å²) in [6.45, 7) is 4.16. The van der Waals surface area contributed by atoms with E-state index in [0.717, 1.165) is 10.5 Å². The highest BCUT2D eigenvalue weighted by molar-refractivity contribution is 6.22. The molecule has 1 aromatic carbocycles. The number of carbonyl (C=O) groups excluding carboxylic acids is 3. The third-order valence-corrected chi connectivity index (χ3v) is 5.15. The van der Waals surface area contributed by atoms with Crippen molar-refractivity contribution in [1.82, 2.24) is 25.4 Å². The van der Waals surface area contributed by atoms with Crippen molar-refractivity contribution >= 4 is 35.2 Å². The Balaban J connectivity index is 1.23. The molecular formula is C23H23N7O3. The Labute approximate surface area is 190 Å². The molecule has 3 amide bonds. The van der Waals surface area contributed by atoms with Crippen LogP contribution in [0.15, 0.2) is 54.7 Å². The molecule has 0 aliphatic carbocycles. The molecule has 10 nitrogen and oxygen atoms in total. The molecule has 2 aromatic heterocycles. The van der Waals surface area contributed by atoms with E-state index in [2.05, 4.69) is 31.1 Å². The minimum Gasteiger partial charge on any atom is -0.367 e. The van der Waals surface area contributed by atoms with Gasteiger partial charge in [-0.15, -0.1) is 10.2 Å². The van der Waals surface area contributed by atoms with E-state index in [1.165, 1.54) is 6.92 Å². The fraction of sp³-hybridized carbons (Fsp3) is 0.217. The van der Waals surface area contributed by atoms with Gasteiger partial charge in [-0.2, -0.15) is 0 Å². The lowest BCUT2D eigenvalue weighted by atomic mass is 10.1. The van der Waals surface area contributed by atoms with Crippen LogP contribution in [0, 0.1) is 6.92 Å². The zero-order valence-electron chi connectivity index (χ0n) is 18.2. The van der Waals surface area contributed by atoms with Gasteiger partial charge in [-0.25, -0.2) is 4.98 Å². The molecule has 3 N–H and O–H groups in total. The van der Waals surface area contributed by atoms with Gasteiger partial charge in [0.05, 0.1) is 11.1 Å². The summed E-state index contributed by atoms with van der Waals surface area (Å²) >= 11 is 0. The number of pyridine rings is 1. The summed E-state index contributed by atoms with van der Waals surface area (Å²) in [7, 11) is 0. The largest absolute Gasteiger partial charge is 0.367 e. The molecule has 0 spiro atoms. The van der Waals surface area contributed by atoms with E-state index in [4.69, 9.17) is 0 Å². The van der Waals surface area contributed by atoms with Crippen molar-refractivity contribution in [2.45, 2.75) is 19.9 Å². The lowest BCUT2D eigenvalue weighted by Crippen LogP contribution is -2.48. The van der Waals surface area contributed by atoms with Crippen LogP contribution in [0.5, 0.6) is 0 Å². The van der Waals surface area contributed by atoms with Crippen LogP contribution in [0.2, 0.25) is 0 Å². The van der Waals surface area contributed by atoms with Crippen molar-refractivity contribution in [2.75, 3.05) is 23.7 Å². The molecule has 33 heavy (non-hydrogen) atoms. The van der Waals surface area contributed by atoms with E-state index in [0.29, 0.717) is 35.1 Å². The zero-order valence-corrected chi connectivity index (χ0v) is 18.2. The third-order valence-electron chi connectivity index (χ3n) is 5.15. The van der Waals surface area contributed by atoms with Crippen molar-refractivity contribution in [3.8, 4) is 0 Å². The summed E-state index contributed by atoms with van der Waals surface area (Å²) in [6, 6.07) is 13.0. The van der Waals surface area contributed by atoms with Gasteiger partial charge < -0.3 is 16.0 Å². The maximum Gasteiger partial charge on any atom is 0.262 e. The van der Waals surface area contributed by atoms with Gasteiger partial charge in [-0.1, -0.05) is 18.2 Å². The molecule has 0 fully saturated rings. The molecule has 0 radical (unpaired) electrons. The highest BCUT2D eigenvalue weighted by Crippen LogP contribution is 2.24. The molecule has 0 saturated carbocycles. The van der Waals surface area contributed by atoms with Crippen LogP contribution in [0.25, 0.3) is 0 Å². The quantitative estimate of drug-likeness (QED) is 0.355. The molecule has 1 aliphatic heterocycles. The number of nitrogens with one attached hydrogen (secondary N) is 3. The summed E-state index contributed by atoms with van der Waals surface area (Å²) in [6.07, 6.45) is 1.76. The van der Waals surface area contributed by atoms with Crippen LogP contribution >= 0.6 is 0 Å². The highest BCUT2D eigenvalue weighted by atomic mass is 16.2. The van der Waals surface area contributed by atoms with Gasteiger partial charge in [-0.3, -0.25) is 19.3 Å². The third kappa shape index (κ3) is 4.79. The number of nitrogens with zero attached hydrogens (tertiary/aromatic N) is 4. The number of fused-ring (bicyclic) bond motifs is 1. The number of rotatable bonds is 8. The lowest BCUT2D eigenvalue weighted by Gasteiger charge is -2.21. The molecule has 1 atom stereocenters. The molecule has 3 aromatic rings. The van der Waals surface area contributed by atoms with Crippen molar-refractivity contribution in [3.63, 3.8) is 0 Å². The summed E-state index contributed by atoms with van der Waals surface area (Å²) in [5.41, 5.74) is 1.70. The van der Waals surface area contributed by atoms with Crippen LogP contribution in [-0.2, 0) is 4.79 Å². The second-order valence-corrected chi connectivity index (χ2v) is 7.57. The van der Waals surface area contributed by atoms with Crippen molar-refractivity contribution in [1.29, 1.82) is 0 Å². The fourth-order valence-corrected chi connectivity index (χ4v) is 3.37. The van der Waals surface area contributed by atoms with Gasteiger partial charge in [0.15, 0.2) is 5.82 Å². The van der Waals surface area contributed by atoms with Crippen LogP contribution in [0.1, 0.15) is 33.2 Å². The molecule has 1 aliphatic rings. The minimum atomic E-state index is -0.919. The molecule has 3 heterocycles. The van der Waals surface area contributed by atoms with Crippen molar-refractivity contribution < 1.29 is 14.4 Å². The second-order valence-electron chi connectivity index (χ2n) is 7.57. The average Bonchev–Trinajstić information content (AvgIpc) is 3.09. The molecule has 168 valence electrons. The Bertz CT molecular complexity index is 1140. The van der Waals surface area contributed by atoms with E-state index < -0.39 is 23.8 Å². The topological polar surface area (TPSA) is 129 Å². The Kier molecular flexibility index (Phi) is 6.25. The summed E-state index contributed by atoms with van der Waals surface area (Å²) in [5, 5.41) is 17.0. The number of amides is 3. The number of aryl methyl sites for hydroxylation is 1. The first kappa shape index (κ1) is 21.9. The molecule has 0 saturated heterocycles. The number of anilines is 3. The van der Waals surface area contributed by atoms with Gasteiger partial charge in [0, 0.05) is 19.3 Å². The van der Waals surface area contributed by atoms with Gasteiger partial charge in [0.25, 0.3) is 11.8 Å². The van der Waals surface area contributed by atoms with E-state index in [-0.39, 0.29) is 6.54 Å². The molecule has 4 rings (SSSR count). The second kappa shape index (κ2) is 9.43. The monoisotopic (exact) mass is 445 g/mol. The average molecular weight is 445 g/mol. The van der Waals surface area contributed by atoms with Crippen molar-refractivity contribution in [3.05, 3.63) is 71.4 Å². The highest BCUT2D eigenvalue weighted by Gasteiger charge is 2.40. The number of aromatic nitrogens is 3. The predicted molar refractivity (Wildman–Crippen MR) is 122 cm³/mol. The normalized spacial score (nSPS) is 13.5.